The van der Waals surface area contributed by atoms with E-state index in [1.54, 1.807) is 7.11 Å². The maximum absolute atomic E-state index is 5.65. The number of benzene rings is 1. The maximum atomic E-state index is 5.65. The molecule has 0 aromatic heterocycles. The van der Waals surface area contributed by atoms with Crippen molar-refractivity contribution in [2.45, 2.75) is 26.2 Å². The van der Waals surface area contributed by atoms with Gasteiger partial charge >= 0.3 is 0 Å². The fourth-order valence-electron chi connectivity index (χ4n) is 2.31. The molecule has 0 amide bonds. The lowest BCUT2D eigenvalue weighted by molar-refractivity contribution is 0.146. The van der Waals surface area contributed by atoms with Gasteiger partial charge in [-0.3, -0.25) is 0 Å². The second-order valence-electron chi connectivity index (χ2n) is 4.33. The van der Waals surface area contributed by atoms with E-state index in [1.165, 1.54) is 36.0 Å². The minimum Gasteiger partial charge on any atom is -0.491 e. The summed E-state index contributed by atoms with van der Waals surface area (Å²) in [6.45, 7) is 3.36. The van der Waals surface area contributed by atoms with Crippen LogP contribution in [0.2, 0.25) is 0 Å². The van der Waals surface area contributed by atoms with Crippen LogP contribution in [-0.4, -0.2) is 20.3 Å². The number of hydrogen-bond acceptors (Lipinski definition) is 2. The van der Waals surface area contributed by atoms with Gasteiger partial charge in [0.15, 0.2) is 0 Å². The van der Waals surface area contributed by atoms with Crippen molar-refractivity contribution in [3.05, 3.63) is 35.4 Å². The molecule has 0 saturated carbocycles. The molecule has 0 unspecified atom stereocenters. The highest BCUT2D eigenvalue weighted by Crippen LogP contribution is 2.33. The Kier molecular flexibility index (Phi) is 4.21. The molecule has 2 rings (SSSR count). The number of rotatable bonds is 4. The first kappa shape index (κ1) is 12.2. The van der Waals surface area contributed by atoms with Gasteiger partial charge in [-0.15, -0.1) is 0 Å². The third kappa shape index (κ3) is 2.89. The van der Waals surface area contributed by atoms with Gasteiger partial charge in [0.25, 0.3) is 0 Å². The van der Waals surface area contributed by atoms with Crippen molar-refractivity contribution in [3.63, 3.8) is 0 Å². The summed E-state index contributed by atoms with van der Waals surface area (Å²) in [5.74, 6) is 0.946. The van der Waals surface area contributed by atoms with Crippen LogP contribution in [-0.2, 0) is 11.2 Å². The van der Waals surface area contributed by atoms with Crippen LogP contribution in [0.1, 0.15) is 30.9 Å². The molecule has 0 aliphatic heterocycles. The van der Waals surface area contributed by atoms with Gasteiger partial charge in [0, 0.05) is 7.11 Å². The molecule has 1 aliphatic rings. The quantitative estimate of drug-likeness (QED) is 0.740. The van der Waals surface area contributed by atoms with Crippen molar-refractivity contribution in [2.75, 3.05) is 20.3 Å². The van der Waals surface area contributed by atoms with Crippen molar-refractivity contribution < 1.29 is 9.47 Å². The molecule has 1 aromatic rings. The van der Waals surface area contributed by atoms with Crippen molar-refractivity contribution in [3.8, 4) is 5.75 Å². The summed E-state index contributed by atoms with van der Waals surface area (Å²) in [6, 6.07) is 6.42. The lowest BCUT2D eigenvalue weighted by Crippen LogP contribution is -2.06. The van der Waals surface area contributed by atoms with Crippen LogP contribution in [0, 0.1) is 0 Å². The van der Waals surface area contributed by atoms with Crippen molar-refractivity contribution in [1.82, 2.24) is 0 Å². The number of aryl methyl sites for hydroxylation is 1. The number of fused-ring (bicyclic) bond motifs is 1. The van der Waals surface area contributed by atoms with E-state index in [2.05, 4.69) is 31.2 Å². The first-order valence-electron chi connectivity index (χ1n) is 6.25. The molecule has 0 radical (unpaired) electrons. The zero-order chi connectivity index (χ0) is 12.1. The first-order valence-corrected chi connectivity index (χ1v) is 6.25. The average Bonchev–Trinajstić information content (AvgIpc) is 2.38. The molecule has 2 nitrogen and oxygen atoms in total. The Morgan fingerprint density at radius 3 is 2.88 bits per heavy atom. The zero-order valence-electron chi connectivity index (χ0n) is 10.7. The Balaban J connectivity index is 2.16. The molecular formula is C15H20O2. The van der Waals surface area contributed by atoms with Gasteiger partial charge in [-0.1, -0.05) is 12.1 Å². The topological polar surface area (TPSA) is 18.5 Å². The van der Waals surface area contributed by atoms with Crippen molar-refractivity contribution in [2.24, 2.45) is 0 Å². The Morgan fingerprint density at radius 2 is 2.12 bits per heavy atom. The van der Waals surface area contributed by atoms with Crippen LogP contribution < -0.4 is 4.74 Å². The van der Waals surface area contributed by atoms with Crippen LogP contribution in [0.3, 0.4) is 0 Å². The van der Waals surface area contributed by atoms with E-state index < -0.39 is 0 Å². The summed E-state index contributed by atoms with van der Waals surface area (Å²) < 4.78 is 10.6. The molecule has 0 spiro atoms. The normalized spacial score (nSPS) is 16.9. The lowest BCUT2D eigenvalue weighted by atomic mass is 9.87. The van der Waals surface area contributed by atoms with Gasteiger partial charge in [-0.2, -0.15) is 0 Å². The molecule has 17 heavy (non-hydrogen) atoms. The van der Waals surface area contributed by atoms with Crippen LogP contribution in [0.25, 0.3) is 5.57 Å². The average molecular weight is 232 g/mol. The fourth-order valence-corrected chi connectivity index (χ4v) is 2.31. The molecular weight excluding hydrogens is 212 g/mol. The molecule has 0 atom stereocenters. The Morgan fingerprint density at radius 1 is 1.24 bits per heavy atom. The summed E-state index contributed by atoms with van der Waals surface area (Å²) in [5, 5.41) is 0. The number of methoxy groups -OCH3 is 1. The van der Waals surface area contributed by atoms with E-state index in [4.69, 9.17) is 9.47 Å². The van der Waals surface area contributed by atoms with E-state index in [0.717, 1.165) is 5.75 Å². The van der Waals surface area contributed by atoms with Crippen molar-refractivity contribution >= 4 is 5.57 Å². The highest BCUT2D eigenvalue weighted by molar-refractivity contribution is 5.70. The predicted molar refractivity (Wildman–Crippen MR) is 70.4 cm³/mol. The molecule has 0 fully saturated rings. The second-order valence-corrected chi connectivity index (χ2v) is 4.33. The molecule has 0 heterocycles. The molecule has 2 heteroatoms. The highest BCUT2D eigenvalue weighted by atomic mass is 16.5. The smallest absolute Gasteiger partial charge is 0.120 e. The van der Waals surface area contributed by atoms with E-state index in [1.807, 2.05) is 0 Å². The summed E-state index contributed by atoms with van der Waals surface area (Å²) >= 11 is 0. The third-order valence-electron chi connectivity index (χ3n) is 3.22. The van der Waals surface area contributed by atoms with Gasteiger partial charge in [0.1, 0.15) is 12.4 Å². The lowest BCUT2D eigenvalue weighted by Gasteiger charge is -2.20. The molecule has 0 N–H and O–H groups in total. The standard InChI is InChI=1S/C15H20O2/c1-3-12-5-4-6-13-7-8-14(11-15(12)13)17-10-9-16-2/h3,7-8,11H,4-6,9-10H2,1-2H3/b12-3+. The van der Waals surface area contributed by atoms with E-state index in [-0.39, 0.29) is 0 Å². The van der Waals surface area contributed by atoms with Crippen LogP contribution in [0.15, 0.2) is 24.3 Å². The SMILES string of the molecule is C/C=C1\CCCc2ccc(OCCOC)cc21. The molecule has 92 valence electrons. The number of allylic oxidation sites excluding steroid dienone is 2. The van der Waals surface area contributed by atoms with Crippen LogP contribution in [0.5, 0.6) is 5.75 Å². The van der Waals surface area contributed by atoms with Crippen molar-refractivity contribution in [1.29, 1.82) is 0 Å². The Labute approximate surface area is 103 Å². The van der Waals surface area contributed by atoms with Gasteiger partial charge in [0.05, 0.1) is 6.61 Å². The summed E-state index contributed by atoms with van der Waals surface area (Å²) in [7, 11) is 1.69. The molecule has 0 bridgehead atoms. The molecule has 1 aliphatic carbocycles. The molecule has 1 aromatic carbocycles. The fraction of sp³-hybridized carbons (Fsp3) is 0.467. The van der Waals surface area contributed by atoms with Crippen LogP contribution in [0.4, 0.5) is 0 Å². The van der Waals surface area contributed by atoms with E-state index >= 15 is 0 Å². The highest BCUT2D eigenvalue weighted by Gasteiger charge is 2.13. The maximum Gasteiger partial charge on any atom is 0.120 e. The summed E-state index contributed by atoms with van der Waals surface area (Å²) in [5.41, 5.74) is 4.26. The Hall–Kier alpha value is -1.28. The second kappa shape index (κ2) is 5.87. The van der Waals surface area contributed by atoms with E-state index in [0.29, 0.717) is 13.2 Å². The van der Waals surface area contributed by atoms with Crippen LogP contribution >= 0.6 is 0 Å². The largest absolute Gasteiger partial charge is 0.491 e. The van der Waals surface area contributed by atoms with Gasteiger partial charge in [-0.05, 0) is 55.0 Å². The summed E-state index contributed by atoms with van der Waals surface area (Å²) in [6.07, 6.45) is 5.85. The number of ether oxygens (including phenoxy) is 2. The zero-order valence-corrected chi connectivity index (χ0v) is 10.7. The Bertz CT molecular complexity index is 407. The van der Waals surface area contributed by atoms with Gasteiger partial charge in [-0.25, -0.2) is 0 Å². The monoisotopic (exact) mass is 232 g/mol. The minimum absolute atomic E-state index is 0.612. The summed E-state index contributed by atoms with van der Waals surface area (Å²) in [4.78, 5) is 0. The third-order valence-corrected chi connectivity index (χ3v) is 3.22. The minimum atomic E-state index is 0.612. The van der Waals surface area contributed by atoms with E-state index in [9.17, 15) is 0 Å². The predicted octanol–water partition coefficient (Wildman–Crippen LogP) is 3.45. The first-order chi connectivity index (χ1) is 8.35. The number of hydrogen-bond donors (Lipinski definition) is 0. The van der Waals surface area contributed by atoms with Gasteiger partial charge < -0.3 is 9.47 Å². The van der Waals surface area contributed by atoms with Gasteiger partial charge in [0.2, 0.25) is 0 Å². The molecule has 0 saturated heterocycles.